The molecule has 0 aliphatic heterocycles. The van der Waals surface area contributed by atoms with Gasteiger partial charge in [-0.05, 0) is 12.5 Å². The normalized spacial score (nSPS) is 12.2. The molecule has 0 N–H and O–H groups in total. The van der Waals surface area contributed by atoms with Crippen molar-refractivity contribution in [3.63, 3.8) is 0 Å². The summed E-state index contributed by atoms with van der Waals surface area (Å²) in [6, 6.07) is 7.31. The maximum absolute atomic E-state index is 10.1. The van der Waals surface area contributed by atoms with Gasteiger partial charge in [0.05, 0.1) is 0 Å². The molecule has 1 aromatic carbocycles. The molecule has 0 aliphatic carbocycles. The summed E-state index contributed by atoms with van der Waals surface area (Å²) in [6.07, 6.45) is 0.407. The van der Waals surface area contributed by atoms with Gasteiger partial charge in [-0.1, -0.05) is 36.7 Å². The fourth-order valence-electron chi connectivity index (χ4n) is 1.16. The Kier molecular flexibility index (Phi) is 3.77. The zero-order valence-electron chi connectivity index (χ0n) is 7.29. The summed E-state index contributed by atoms with van der Waals surface area (Å²) in [7, 11) is 0. The van der Waals surface area contributed by atoms with Crippen LogP contribution in [0.1, 0.15) is 25.0 Å². The fourth-order valence-corrected chi connectivity index (χ4v) is 1.42. The van der Waals surface area contributed by atoms with E-state index in [1.807, 2.05) is 25.1 Å². The SMILES string of the molecule is CCC(O[C]=O)c1ccccc1Cl. The van der Waals surface area contributed by atoms with Crippen LogP contribution in [0.5, 0.6) is 0 Å². The maximum atomic E-state index is 10.1. The number of carbonyl (C=O) groups excluding carboxylic acids is 1. The van der Waals surface area contributed by atoms with E-state index in [-0.39, 0.29) is 6.10 Å². The molecule has 0 saturated heterocycles. The van der Waals surface area contributed by atoms with Crippen molar-refractivity contribution >= 4 is 18.1 Å². The van der Waals surface area contributed by atoms with E-state index >= 15 is 0 Å². The third-order valence-electron chi connectivity index (χ3n) is 1.81. The lowest BCUT2D eigenvalue weighted by Crippen LogP contribution is -2.02. The Morgan fingerprint density at radius 2 is 2.23 bits per heavy atom. The van der Waals surface area contributed by atoms with Gasteiger partial charge >= 0.3 is 6.47 Å². The third-order valence-corrected chi connectivity index (χ3v) is 2.16. The average Bonchev–Trinajstić information content (AvgIpc) is 2.16. The minimum atomic E-state index is -0.286. The van der Waals surface area contributed by atoms with Crippen molar-refractivity contribution in [1.82, 2.24) is 0 Å². The lowest BCUT2D eigenvalue weighted by molar-refractivity contribution is 0.175. The highest BCUT2D eigenvalue weighted by atomic mass is 35.5. The van der Waals surface area contributed by atoms with Gasteiger partial charge in [0.2, 0.25) is 0 Å². The van der Waals surface area contributed by atoms with Crippen LogP contribution >= 0.6 is 11.6 Å². The molecule has 3 heteroatoms. The molecule has 1 radical (unpaired) electrons. The molecule has 2 nitrogen and oxygen atoms in total. The zero-order valence-corrected chi connectivity index (χ0v) is 8.04. The summed E-state index contributed by atoms with van der Waals surface area (Å²) in [4.78, 5) is 10.1. The molecule has 0 spiro atoms. The molecule has 1 unspecified atom stereocenters. The van der Waals surface area contributed by atoms with Gasteiger partial charge in [0.15, 0.2) is 0 Å². The van der Waals surface area contributed by atoms with Crippen molar-refractivity contribution in [2.24, 2.45) is 0 Å². The zero-order chi connectivity index (χ0) is 9.68. The minimum Gasteiger partial charge on any atom is -0.449 e. The number of hydrogen-bond acceptors (Lipinski definition) is 2. The second kappa shape index (κ2) is 4.87. The lowest BCUT2D eigenvalue weighted by Gasteiger charge is -2.13. The van der Waals surface area contributed by atoms with Crippen molar-refractivity contribution in [1.29, 1.82) is 0 Å². The molecule has 69 valence electrons. The smallest absolute Gasteiger partial charge is 0.418 e. The maximum Gasteiger partial charge on any atom is 0.418 e. The van der Waals surface area contributed by atoms with E-state index in [1.165, 1.54) is 6.47 Å². The van der Waals surface area contributed by atoms with Gasteiger partial charge in [0.25, 0.3) is 0 Å². The topological polar surface area (TPSA) is 26.3 Å². The Morgan fingerprint density at radius 3 is 2.77 bits per heavy atom. The monoisotopic (exact) mass is 197 g/mol. The number of ether oxygens (including phenoxy) is 1. The predicted molar refractivity (Wildman–Crippen MR) is 51.3 cm³/mol. The van der Waals surface area contributed by atoms with Crippen LogP contribution in [0.2, 0.25) is 5.02 Å². The number of hydrogen-bond donors (Lipinski definition) is 0. The van der Waals surface area contributed by atoms with Gasteiger partial charge in [-0.15, -0.1) is 0 Å². The third kappa shape index (κ3) is 2.46. The first-order chi connectivity index (χ1) is 6.29. The molecule has 1 aromatic rings. The average molecular weight is 198 g/mol. The number of benzene rings is 1. The van der Waals surface area contributed by atoms with Crippen LogP contribution in [0.4, 0.5) is 0 Å². The first-order valence-electron chi connectivity index (χ1n) is 4.06. The number of rotatable bonds is 4. The summed E-state index contributed by atoms with van der Waals surface area (Å²) in [5.41, 5.74) is 0.829. The number of halogens is 1. The van der Waals surface area contributed by atoms with E-state index in [9.17, 15) is 4.79 Å². The van der Waals surface area contributed by atoms with Crippen LogP contribution < -0.4 is 0 Å². The lowest BCUT2D eigenvalue weighted by atomic mass is 10.1. The van der Waals surface area contributed by atoms with Crippen molar-refractivity contribution in [3.05, 3.63) is 34.9 Å². The van der Waals surface area contributed by atoms with Gasteiger partial charge < -0.3 is 4.74 Å². The van der Waals surface area contributed by atoms with Crippen LogP contribution in [0.3, 0.4) is 0 Å². The highest BCUT2D eigenvalue weighted by Crippen LogP contribution is 2.26. The Hall–Kier alpha value is -1.02. The molecule has 0 bridgehead atoms. The van der Waals surface area contributed by atoms with Crippen molar-refractivity contribution < 1.29 is 9.53 Å². The summed E-state index contributed by atoms with van der Waals surface area (Å²) in [6.45, 7) is 3.36. The van der Waals surface area contributed by atoms with E-state index in [0.29, 0.717) is 11.4 Å². The molecule has 0 aromatic heterocycles. The van der Waals surface area contributed by atoms with Crippen LogP contribution in [-0.2, 0) is 9.53 Å². The minimum absolute atomic E-state index is 0.286. The van der Waals surface area contributed by atoms with E-state index < -0.39 is 0 Å². The van der Waals surface area contributed by atoms with Crippen molar-refractivity contribution in [3.8, 4) is 0 Å². The Bertz CT molecular complexity index is 286. The molecule has 13 heavy (non-hydrogen) atoms. The van der Waals surface area contributed by atoms with Crippen LogP contribution in [0.15, 0.2) is 24.3 Å². The van der Waals surface area contributed by atoms with Crippen molar-refractivity contribution in [2.45, 2.75) is 19.4 Å². The van der Waals surface area contributed by atoms with Crippen LogP contribution in [0, 0.1) is 0 Å². The highest BCUT2D eigenvalue weighted by molar-refractivity contribution is 6.31. The van der Waals surface area contributed by atoms with Gasteiger partial charge in [-0.2, -0.15) is 0 Å². The fraction of sp³-hybridized carbons (Fsp3) is 0.300. The molecule has 1 rings (SSSR count). The summed E-state index contributed by atoms with van der Waals surface area (Å²) >= 11 is 5.92. The summed E-state index contributed by atoms with van der Waals surface area (Å²) < 4.78 is 4.77. The van der Waals surface area contributed by atoms with Gasteiger partial charge in [0.1, 0.15) is 6.10 Å². The predicted octanol–water partition coefficient (Wildman–Crippen LogP) is 2.87. The standard InChI is InChI=1S/C10H10ClO2/c1-2-10(13-7-12)8-5-3-4-6-9(8)11/h3-6,10H,2H2,1H3. The molecule has 0 amide bonds. The largest absolute Gasteiger partial charge is 0.449 e. The second-order valence-electron chi connectivity index (χ2n) is 2.62. The first kappa shape index (κ1) is 10.1. The Morgan fingerprint density at radius 1 is 1.54 bits per heavy atom. The highest BCUT2D eigenvalue weighted by Gasteiger charge is 2.12. The summed E-state index contributed by atoms with van der Waals surface area (Å²) in [5.74, 6) is 0. The molecule has 0 fully saturated rings. The van der Waals surface area contributed by atoms with Gasteiger partial charge in [-0.3, -0.25) is 0 Å². The molecule has 0 aliphatic rings. The van der Waals surface area contributed by atoms with Crippen LogP contribution in [-0.4, -0.2) is 6.47 Å². The van der Waals surface area contributed by atoms with E-state index in [0.717, 1.165) is 5.56 Å². The van der Waals surface area contributed by atoms with Gasteiger partial charge in [-0.25, -0.2) is 4.79 Å². The van der Waals surface area contributed by atoms with E-state index in [4.69, 9.17) is 16.3 Å². The molecular weight excluding hydrogens is 188 g/mol. The van der Waals surface area contributed by atoms with E-state index in [1.54, 1.807) is 6.07 Å². The molecule has 0 heterocycles. The quantitative estimate of drug-likeness (QED) is 0.742. The Balaban J connectivity index is 2.90. The molecular formula is C10H10ClO2. The molecule has 1 atom stereocenters. The second-order valence-corrected chi connectivity index (χ2v) is 3.03. The van der Waals surface area contributed by atoms with Crippen molar-refractivity contribution in [2.75, 3.05) is 0 Å². The van der Waals surface area contributed by atoms with E-state index in [2.05, 4.69) is 0 Å². The first-order valence-corrected chi connectivity index (χ1v) is 4.44. The summed E-state index contributed by atoms with van der Waals surface area (Å²) in [5, 5.41) is 0.615. The van der Waals surface area contributed by atoms with Crippen LogP contribution in [0.25, 0.3) is 0 Å². The van der Waals surface area contributed by atoms with Gasteiger partial charge in [0, 0.05) is 10.6 Å². The Labute approximate surface area is 82.5 Å². The molecule has 0 saturated carbocycles.